The summed E-state index contributed by atoms with van der Waals surface area (Å²) in [5.74, 6) is -2.13. The Kier molecular flexibility index (Phi) is 6.09. The minimum atomic E-state index is -1.28. The third kappa shape index (κ3) is 3.98. The number of benzene rings is 1. The summed E-state index contributed by atoms with van der Waals surface area (Å²) in [5.41, 5.74) is -0.426. The molecule has 1 aliphatic rings. The van der Waals surface area contributed by atoms with E-state index < -0.39 is 28.7 Å². The Morgan fingerprint density at radius 3 is 2.24 bits per heavy atom. The van der Waals surface area contributed by atoms with Crippen LogP contribution in [0.4, 0.5) is 0 Å². The van der Waals surface area contributed by atoms with E-state index in [2.05, 4.69) is 0 Å². The highest BCUT2D eigenvalue weighted by molar-refractivity contribution is 6.06. The van der Waals surface area contributed by atoms with E-state index in [1.165, 1.54) is 25.3 Å². The summed E-state index contributed by atoms with van der Waals surface area (Å²) >= 11 is 0. The van der Waals surface area contributed by atoms with Gasteiger partial charge in [0.1, 0.15) is 23.2 Å². The Morgan fingerprint density at radius 1 is 1.17 bits per heavy atom. The molecule has 0 fully saturated rings. The maximum atomic E-state index is 12.6. The molecule has 3 N–H and O–H groups in total. The average molecular weight is 400 g/mol. The van der Waals surface area contributed by atoms with E-state index in [1.54, 1.807) is 32.1 Å². The highest BCUT2D eigenvalue weighted by atomic mass is 16.5. The van der Waals surface area contributed by atoms with Gasteiger partial charge in [-0.25, -0.2) is 4.79 Å². The molecule has 0 radical (unpaired) electrons. The van der Waals surface area contributed by atoms with Gasteiger partial charge in [0, 0.05) is 12.5 Å². The molecule has 0 bridgehead atoms. The van der Waals surface area contributed by atoms with Gasteiger partial charge < -0.3 is 20.1 Å². The van der Waals surface area contributed by atoms with Crippen molar-refractivity contribution >= 4 is 11.8 Å². The largest absolute Gasteiger partial charge is 0.507 e. The zero-order chi connectivity index (χ0) is 22.1. The van der Waals surface area contributed by atoms with Crippen LogP contribution in [0.5, 0.6) is 5.75 Å². The summed E-state index contributed by atoms with van der Waals surface area (Å²) in [6.45, 7) is 9.21. The zero-order valence-electron chi connectivity index (χ0n) is 17.6. The number of phenolic OH excluding ortho intramolecular Hbond substituents is 1. The Balaban J connectivity index is 2.66. The van der Waals surface area contributed by atoms with Crippen molar-refractivity contribution in [3.05, 3.63) is 64.5 Å². The fourth-order valence-electron chi connectivity index (χ4n) is 3.93. The van der Waals surface area contributed by atoms with E-state index >= 15 is 0 Å². The lowest BCUT2D eigenvalue weighted by atomic mass is 9.64. The molecule has 0 amide bonds. The van der Waals surface area contributed by atoms with Gasteiger partial charge in [-0.05, 0) is 43.0 Å². The number of aromatic hydroxyl groups is 1. The molecule has 2 rings (SSSR count). The van der Waals surface area contributed by atoms with Crippen molar-refractivity contribution in [2.45, 2.75) is 40.7 Å². The predicted molar refractivity (Wildman–Crippen MR) is 110 cm³/mol. The molecule has 29 heavy (non-hydrogen) atoms. The molecule has 0 aromatic heterocycles. The number of rotatable bonds is 5. The molecule has 2 atom stereocenters. The quantitative estimate of drug-likeness (QED) is 0.499. The molecule has 1 aliphatic carbocycles. The van der Waals surface area contributed by atoms with Gasteiger partial charge in [0.2, 0.25) is 0 Å². The summed E-state index contributed by atoms with van der Waals surface area (Å²) in [6.07, 6.45) is 1.90. The number of carboxylic acid groups (broad SMARTS) is 1. The molecule has 6 heteroatoms. The number of allylic oxidation sites excluding steroid dienone is 2. The van der Waals surface area contributed by atoms with Crippen LogP contribution in [0.1, 0.15) is 45.0 Å². The molecule has 0 aliphatic heterocycles. The van der Waals surface area contributed by atoms with Crippen molar-refractivity contribution < 1.29 is 29.6 Å². The highest BCUT2D eigenvalue weighted by Crippen LogP contribution is 2.50. The summed E-state index contributed by atoms with van der Waals surface area (Å²) < 4.78 is 5.50. The number of hydrogen-bond acceptors (Lipinski definition) is 5. The second-order valence-corrected chi connectivity index (χ2v) is 8.43. The first-order chi connectivity index (χ1) is 13.4. The molecular weight excluding hydrogens is 372 g/mol. The van der Waals surface area contributed by atoms with E-state index in [-0.39, 0.29) is 22.6 Å². The molecule has 2 unspecified atom stereocenters. The normalized spacial score (nSPS) is 23.0. The minimum Gasteiger partial charge on any atom is -0.507 e. The maximum Gasteiger partial charge on any atom is 0.338 e. The van der Waals surface area contributed by atoms with E-state index in [0.717, 1.165) is 0 Å². The van der Waals surface area contributed by atoms with Crippen LogP contribution in [-0.4, -0.2) is 40.3 Å². The van der Waals surface area contributed by atoms with E-state index in [9.17, 15) is 24.9 Å². The lowest BCUT2D eigenvalue weighted by molar-refractivity contribution is -0.135. The van der Waals surface area contributed by atoms with Crippen LogP contribution in [-0.2, 0) is 9.53 Å². The monoisotopic (exact) mass is 400 g/mol. The van der Waals surface area contributed by atoms with E-state index in [1.807, 2.05) is 20.8 Å². The number of aliphatic hydroxyl groups is 1. The van der Waals surface area contributed by atoms with Gasteiger partial charge in [-0.2, -0.15) is 0 Å². The number of methoxy groups -OCH3 is 1. The molecule has 6 nitrogen and oxygen atoms in total. The number of carbonyl (C=O) groups excluding carboxylic acids is 1. The van der Waals surface area contributed by atoms with Crippen molar-refractivity contribution in [3.63, 3.8) is 0 Å². The third-order valence-electron chi connectivity index (χ3n) is 5.45. The van der Waals surface area contributed by atoms with Crippen LogP contribution in [0.2, 0.25) is 0 Å². The van der Waals surface area contributed by atoms with Crippen LogP contribution in [0.15, 0.2) is 58.9 Å². The Labute approximate surface area is 170 Å². The molecule has 1 aromatic rings. The summed E-state index contributed by atoms with van der Waals surface area (Å²) in [7, 11) is 1.37. The van der Waals surface area contributed by atoms with Crippen molar-refractivity contribution in [1.29, 1.82) is 0 Å². The topological polar surface area (TPSA) is 104 Å². The van der Waals surface area contributed by atoms with Gasteiger partial charge in [0.15, 0.2) is 5.78 Å². The first kappa shape index (κ1) is 22.4. The lowest BCUT2D eigenvalue weighted by Gasteiger charge is -2.43. The predicted octanol–water partition coefficient (Wildman–Crippen LogP) is 4.43. The Morgan fingerprint density at radius 2 is 1.76 bits per heavy atom. The van der Waals surface area contributed by atoms with Gasteiger partial charge in [-0.3, -0.25) is 4.79 Å². The number of ketones is 1. The average Bonchev–Trinajstić information content (AvgIpc) is 2.61. The summed E-state index contributed by atoms with van der Waals surface area (Å²) in [5, 5.41) is 30.5. The number of para-hydroxylation sites is 1. The number of hydrogen-bond donors (Lipinski definition) is 3. The molecule has 0 spiro atoms. The van der Waals surface area contributed by atoms with Crippen LogP contribution in [0, 0.1) is 10.8 Å². The standard InChI is InChI=1S/C23H28O6/c1-13-18(22(2,3)4)19(26)17(21(27)28)20(29-6)23(13,5)12-11-16(25)14-9-7-8-10-15(14)24/h7-12,20,24,26H,1-6H3,(H,27,28). The Bertz CT molecular complexity index is 929. The first-order valence-electron chi connectivity index (χ1n) is 9.29. The second kappa shape index (κ2) is 7.87. The zero-order valence-corrected chi connectivity index (χ0v) is 17.6. The van der Waals surface area contributed by atoms with Crippen LogP contribution in [0.25, 0.3) is 0 Å². The van der Waals surface area contributed by atoms with Gasteiger partial charge in [0.25, 0.3) is 0 Å². The number of ether oxygens (including phenoxy) is 1. The maximum absolute atomic E-state index is 12.6. The van der Waals surface area contributed by atoms with Gasteiger partial charge in [0.05, 0.1) is 5.56 Å². The molecule has 1 aromatic carbocycles. The first-order valence-corrected chi connectivity index (χ1v) is 9.29. The third-order valence-corrected chi connectivity index (χ3v) is 5.45. The van der Waals surface area contributed by atoms with E-state index in [4.69, 9.17) is 4.74 Å². The second-order valence-electron chi connectivity index (χ2n) is 8.43. The number of aliphatic hydroxyl groups excluding tert-OH is 1. The number of phenols is 1. The molecule has 0 saturated carbocycles. The number of aliphatic carboxylic acids is 1. The number of carbonyl (C=O) groups is 2. The summed E-state index contributed by atoms with van der Waals surface area (Å²) in [6, 6.07) is 6.20. The fraction of sp³-hybridized carbons (Fsp3) is 0.391. The smallest absolute Gasteiger partial charge is 0.338 e. The SMILES string of the molecule is COC1C(C(=O)O)=C(O)C(C(C)(C)C)=C(C)C1(C)C=CC(=O)c1ccccc1O. The molecule has 0 heterocycles. The molecular formula is C23H28O6. The van der Waals surface area contributed by atoms with E-state index in [0.29, 0.717) is 11.1 Å². The van der Waals surface area contributed by atoms with Gasteiger partial charge in [-0.1, -0.05) is 44.6 Å². The van der Waals surface area contributed by atoms with Crippen molar-refractivity contribution in [3.8, 4) is 5.75 Å². The van der Waals surface area contributed by atoms with Gasteiger partial charge >= 0.3 is 5.97 Å². The summed E-state index contributed by atoms with van der Waals surface area (Å²) in [4.78, 5) is 24.6. The van der Waals surface area contributed by atoms with Crippen molar-refractivity contribution in [2.75, 3.05) is 7.11 Å². The van der Waals surface area contributed by atoms with Crippen LogP contribution in [0.3, 0.4) is 0 Å². The Hall–Kier alpha value is -2.86. The van der Waals surface area contributed by atoms with Crippen LogP contribution >= 0.6 is 0 Å². The van der Waals surface area contributed by atoms with Crippen molar-refractivity contribution in [2.24, 2.45) is 10.8 Å². The lowest BCUT2D eigenvalue weighted by Crippen LogP contribution is -2.43. The highest BCUT2D eigenvalue weighted by Gasteiger charge is 2.48. The fourth-order valence-corrected chi connectivity index (χ4v) is 3.93. The van der Waals surface area contributed by atoms with Gasteiger partial charge in [-0.15, -0.1) is 0 Å². The minimum absolute atomic E-state index is 0.134. The van der Waals surface area contributed by atoms with Crippen LogP contribution < -0.4 is 0 Å². The number of carboxylic acids is 1. The van der Waals surface area contributed by atoms with Crippen molar-refractivity contribution in [1.82, 2.24) is 0 Å². The molecule has 0 saturated heterocycles. The molecule has 156 valence electrons.